The quantitative estimate of drug-likeness (QED) is 0.638. The summed E-state index contributed by atoms with van der Waals surface area (Å²) in [4.78, 5) is 21.4. The van der Waals surface area contributed by atoms with Crippen molar-refractivity contribution in [3.05, 3.63) is 0 Å². The Kier molecular flexibility index (Phi) is 7.18. The summed E-state index contributed by atoms with van der Waals surface area (Å²) >= 11 is 0. The number of nitrogens with one attached hydrogen (secondary N) is 1. The number of piperidine rings is 2. The van der Waals surface area contributed by atoms with Crippen molar-refractivity contribution in [1.29, 1.82) is 0 Å². The average Bonchev–Trinajstić information content (AvgIpc) is 2.55. The summed E-state index contributed by atoms with van der Waals surface area (Å²) in [7, 11) is 0. The molecule has 0 aromatic heterocycles. The van der Waals surface area contributed by atoms with Crippen molar-refractivity contribution < 1.29 is 4.79 Å². The Morgan fingerprint density at radius 1 is 1.09 bits per heavy atom. The summed E-state index contributed by atoms with van der Waals surface area (Å²) in [5, 5.41) is 3.38. The van der Waals surface area contributed by atoms with Gasteiger partial charge in [0.05, 0.1) is 6.54 Å². The molecule has 2 saturated heterocycles. The van der Waals surface area contributed by atoms with E-state index in [9.17, 15) is 4.79 Å². The van der Waals surface area contributed by atoms with Crippen LogP contribution in [0.1, 0.15) is 52.9 Å². The minimum atomic E-state index is 0.267. The molecular formula is C18H34N4O. The lowest BCUT2D eigenvalue weighted by molar-refractivity contribution is -0.132. The van der Waals surface area contributed by atoms with E-state index in [1.165, 1.54) is 19.3 Å². The van der Waals surface area contributed by atoms with Crippen LogP contribution in [0.2, 0.25) is 0 Å². The molecule has 23 heavy (non-hydrogen) atoms. The molecule has 1 atom stereocenters. The molecule has 0 aliphatic carbocycles. The van der Waals surface area contributed by atoms with Crippen LogP contribution >= 0.6 is 0 Å². The van der Waals surface area contributed by atoms with Gasteiger partial charge in [-0.2, -0.15) is 0 Å². The largest absolute Gasteiger partial charge is 0.357 e. The van der Waals surface area contributed by atoms with Gasteiger partial charge in [0.1, 0.15) is 0 Å². The molecule has 1 amide bonds. The van der Waals surface area contributed by atoms with Crippen molar-refractivity contribution in [3.8, 4) is 0 Å². The van der Waals surface area contributed by atoms with Crippen LogP contribution in [0.5, 0.6) is 0 Å². The normalized spacial score (nSPS) is 24.0. The average molecular weight is 322 g/mol. The van der Waals surface area contributed by atoms with Crippen molar-refractivity contribution in [1.82, 2.24) is 15.1 Å². The Hall–Kier alpha value is -1.26. The molecule has 132 valence electrons. The Morgan fingerprint density at radius 2 is 1.83 bits per heavy atom. The predicted molar refractivity (Wildman–Crippen MR) is 95.5 cm³/mol. The standard InChI is InChI=1S/C18H34N4O/c1-4-19-18(21-12-8-15(2)9-13-21)20-10-7-17(23)22-11-5-6-16(3)14-22/h15-16H,4-14H2,1-3H3,(H,19,20). The molecule has 0 radical (unpaired) electrons. The maximum atomic E-state index is 12.3. The first-order chi connectivity index (χ1) is 11.1. The van der Waals surface area contributed by atoms with Crippen LogP contribution in [0.3, 0.4) is 0 Å². The third kappa shape index (κ3) is 5.70. The molecule has 0 spiro atoms. The summed E-state index contributed by atoms with van der Waals surface area (Å²) < 4.78 is 0. The van der Waals surface area contributed by atoms with Gasteiger partial charge in [-0.3, -0.25) is 9.79 Å². The monoisotopic (exact) mass is 322 g/mol. The number of carbonyl (C=O) groups is 1. The van der Waals surface area contributed by atoms with Crippen molar-refractivity contribution in [2.45, 2.75) is 52.9 Å². The maximum Gasteiger partial charge on any atom is 0.224 e. The van der Waals surface area contributed by atoms with Crippen LogP contribution in [-0.4, -0.2) is 60.9 Å². The van der Waals surface area contributed by atoms with Crippen LogP contribution < -0.4 is 5.32 Å². The van der Waals surface area contributed by atoms with E-state index in [1.807, 2.05) is 4.90 Å². The molecule has 0 bridgehead atoms. The van der Waals surface area contributed by atoms with E-state index in [1.54, 1.807) is 0 Å². The Balaban J connectivity index is 1.81. The highest BCUT2D eigenvalue weighted by Gasteiger charge is 2.21. The summed E-state index contributed by atoms with van der Waals surface area (Å²) in [6, 6.07) is 0. The first kappa shape index (κ1) is 18.1. The van der Waals surface area contributed by atoms with Gasteiger partial charge in [0.25, 0.3) is 0 Å². The van der Waals surface area contributed by atoms with E-state index in [0.717, 1.165) is 51.0 Å². The zero-order valence-corrected chi connectivity index (χ0v) is 15.2. The lowest BCUT2D eigenvalue weighted by atomic mass is 9.99. The van der Waals surface area contributed by atoms with Gasteiger partial charge in [-0.25, -0.2) is 0 Å². The molecule has 2 rings (SSSR count). The van der Waals surface area contributed by atoms with Crippen LogP contribution in [0.25, 0.3) is 0 Å². The van der Waals surface area contributed by atoms with Crippen LogP contribution in [0.4, 0.5) is 0 Å². The van der Waals surface area contributed by atoms with E-state index in [2.05, 4.69) is 31.0 Å². The topological polar surface area (TPSA) is 47.9 Å². The van der Waals surface area contributed by atoms with Gasteiger partial charge >= 0.3 is 0 Å². The number of hydrogen-bond acceptors (Lipinski definition) is 2. The van der Waals surface area contributed by atoms with Gasteiger partial charge in [0, 0.05) is 39.1 Å². The molecule has 2 aliphatic heterocycles. The molecule has 0 saturated carbocycles. The minimum Gasteiger partial charge on any atom is -0.357 e. The zero-order chi connectivity index (χ0) is 16.7. The van der Waals surface area contributed by atoms with Crippen molar-refractivity contribution in [2.75, 3.05) is 39.3 Å². The fourth-order valence-corrected chi connectivity index (χ4v) is 3.48. The van der Waals surface area contributed by atoms with Gasteiger partial charge in [0.2, 0.25) is 5.91 Å². The number of carbonyl (C=O) groups excluding carboxylic acids is 1. The van der Waals surface area contributed by atoms with Gasteiger partial charge in [-0.05, 0) is 44.4 Å². The fraction of sp³-hybridized carbons (Fsp3) is 0.889. The molecule has 5 heteroatoms. The Morgan fingerprint density at radius 3 is 2.48 bits per heavy atom. The molecule has 2 fully saturated rings. The molecule has 0 aromatic carbocycles. The van der Waals surface area contributed by atoms with Crippen LogP contribution in [0.15, 0.2) is 4.99 Å². The summed E-state index contributed by atoms with van der Waals surface area (Å²) in [5.41, 5.74) is 0. The maximum absolute atomic E-state index is 12.3. The van der Waals surface area contributed by atoms with E-state index < -0.39 is 0 Å². The highest BCUT2D eigenvalue weighted by Crippen LogP contribution is 2.17. The van der Waals surface area contributed by atoms with Gasteiger partial charge in [0.15, 0.2) is 5.96 Å². The van der Waals surface area contributed by atoms with Crippen molar-refractivity contribution in [2.24, 2.45) is 16.8 Å². The SMILES string of the molecule is CCNC(=NCCC(=O)N1CCCC(C)C1)N1CCC(C)CC1. The first-order valence-corrected chi connectivity index (χ1v) is 9.41. The number of rotatable bonds is 4. The number of nitrogens with zero attached hydrogens (tertiary/aromatic N) is 3. The third-order valence-corrected chi connectivity index (χ3v) is 5.02. The number of guanidine groups is 1. The van der Waals surface area contributed by atoms with Crippen LogP contribution in [0, 0.1) is 11.8 Å². The Bertz CT molecular complexity index is 402. The first-order valence-electron chi connectivity index (χ1n) is 9.41. The molecule has 2 aliphatic rings. The summed E-state index contributed by atoms with van der Waals surface area (Å²) in [6.07, 6.45) is 5.39. The van der Waals surface area contributed by atoms with Gasteiger partial charge < -0.3 is 15.1 Å². The van der Waals surface area contributed by atoms with E-state index in [0.29, 0.717) is 18.9 Å². The van der Waals surface area contributed by atoms with Crippen molar-refractivity contribution in [3.63, 3.8) is 0 Å². The lowest BCUT2D eigenvalue weighted by Crippen LogP contribution is -2.45. The van der Waals surface area contributed by atoms with Crippen LogP contribution in [-0.2, 0) is 4.79 Å². The highest BCUT2D eigenvalue weighted by atomic mass is 16.2. The number of hydrogen-bond donors (Lipinski definition) is 1. The number of amides is 1. The van der Waals surface area contributed by atoms with E-state index in [4.69, 9.17) is 4.99 Å². The molecule has 1 N–H and O–H groups in total. The molecule has 1 unspecified atom stereocenters. The fourth-order valence-electron chi connectivity index (χ4n) is 3.48. The second-order valence-electron chi connectivity index (χ2n) is 7.24. The Labute approximate surface area is 141 Å². The smallest absolute Gasteiger partial charge is 0.224 e. The van der Waals surface area contributed by atoms with E-state index >= 15 is 0 Å². The summed E-state index contributed by atoms with van der Waals surface area (Å²) in [5.74, 6) is 2.71. The lowest BCUT2D eigenvalue weighted by Gasteiger charge is -2.33. The number of aliphatic imine (C=N–C) groups is 1. The highest BCUT2D eigenvalue weighted by molar-refractivity contribution is 5.81. The van der Waals surface area contributed by atoms with Crippen molar-refractivity contribution >= 4 is 11.9 Å². The summed E-state index contributed by atoms with van der Waals surface area (Å²) in [6.45, 7) is 12.1. The predicted octanol–water partition coefficient (Wildman–Crippen LogP) is 2.33. The molecule has 5 nitrogen and oxygen atoms in total. The van der Waals surface area contributed by atoms with E-state index in [-0.39, 0.29) is 5.91 Å². The van der Waals surface area contributed by atoms with Gasteiger partial charge in [-0.1, -0.05) is 13.8 Å². The van der Waals surface area contributed by atoms with Gasteiger partial charge in [-0.15, -0.1) is 0 Å². The number of likely N-dealkylation sites (tertiary alicyclic amines) is 2. The second kappa shape index (κ2) is 9.14. The minimum absolute atomic E-state index is 0.267. The zero-order valence-electron chi connectivity index (χ0n) is 15.2. The third-order valence-electron chi connectivity index (χ3n) is 5.02. The second-order valence-corrected chi connectivity index (χ2v) is 7.24. The molecule has 0 aromatic rings. The molecule has 2 heterocycles. The molecular weight excluding hydrogens is 288 g/mol.